The van der Waals surface area contributed by atoms with Crippen LogP contribution in [0.1, 0.15) is 35.2 Å². The molecule has 0 saturated carbocycles. The van der Waals surface area contributed by atoms with Crippen LogP contribution >= 0.6 is 0 Å². The first kappa shape index (κ1) is 13.3. The van der Waals surface area contributed by atoms with Crippen LogP contribution in [0, 0.1) is 0 Å². The minimum atomic E-state index is 0.180. The average molecular weight is 267 g/mol. The molecule has 1 aliphatic carbocycles. The number of likely N-dealkylation sites (N-methyl/N-ethyl adjacent to an activating group) is 1. The van der Waals surface area contributed by atoms with Crippen molar-refractivity contribution in [3.8, 4) is 0 Å². The van der Waals surface area contributed by atoms with Crippen LogP contribution in [0.2, 0.25) is 0 Å². The standard InChI is InChI=1S/C17H21N3/c1-20(11-8-13-6-9-19-10-7-13)17-12-16(18)14-4-2-3-5-15(14)17/h2-7,9-10,16-17H,8,11-12,18H2,1H3. The van der Waals surface area contributed by atoms with Crippen molar-refractivity contribution in [3.05, 3.63) is 65.5 Å². The highest BCUT2D eigenvalue weighted by molar-refractivity contribution is 5.37. The second kappa shape index (κ2) is 5.73. The minimum Gasteiger partial charge on any atom is -0.324 e. The second-order valence-corrected chi connectivity index (χ2v) is 5.57. The highest BCUT2D eigenvalue weighted by atomic mass is 15.1. The molecule has 1 aliphatic rings. The highest BCUT2D eigenvalue weighted by Gasteiger charge is 2.30. The van der Waals surface area contributed by atoms with Gasteiger partial charge in [0, 0.05) is 31.0 Å². The van der Waals surface area contributed by atoms with E-state index >= 15 is 0 Å². The fraction of sp³-hybridized carbons (Fsp3) is 0.353. The van der Waals surface area contributed by atoms with Gasteiger partial charge in [-0.2, -0.15) is 0 Å². The van der Waals surface area contributed by atoms with E-state index in [0.29, 0.717) is 6.04 Å². The number of fused-ring (bicyclic) bond motifs is 1. The van der Waals surface area contributed by atoms with Crippen LogP contribution in [0.4, 0.5) is 0 Å². The van der Waals surface area contributed by atoms with Crippen LogP contribution in [0.15, 0.2) is 48.8 Å². The molecule has 2 atom stereocenters. The molecule has 20 heavy (non-hydrogen) atoms. The van der Waals surface area contributed by atoms with Crippen molar-refractivity contribution < 1.29 is 0 Å². The maximum Gasteiger partial charge on any atom is 0.0366 e. The predicted octanol–water partition coefficient (Wildman–Crippen LogP) is 2.70. The van der Waals surface area contributed by atoms with E-state index in [1.165, 1.54) is 16.7 Å². The molecule has 0 amide bonds. The molecule has 0 spiro atoms. The molecule has 2 N–H and O–H groups in total. The molecule has 1 aromatic heterocycles. The van der Waals surface area contributed by atoms with E-state index < -0.39 is 0 Å². The van der Waals surface area contributed by atoms with Gasteiger partial charge in [-0.1, -0.05) is 24.3 Å². The van der Waals surface area contributed by atoms with Gasteiger partial charge in [0.25, 0.3) is 0 Å². The van der Waals surface area contributed by atoms with Gasteiger partial charge >= 0.3 is 0 Å². The zero-order valence-corrected chi connectivity index (χ0v) is 11.9. The SMILES string of the molecule is CN(CCc1ccncc1)C1CC(N)c2ccccc21. The van der Waals surface area contributed by atoms with Crippen LogP contribution in [0.5, 0.6) is 0 Å². The number of nitrogens with two attached hydrogens (primary N) is 1. The Kier molecular flexibility index (Phi) is 3.81. The van der Waals surface area contributed by atoms with Crippen LogP contribution in [-0.2, 0) is 6.42 Å². The van der Waals surface area contributed by atoms with Crippen molar-refractivity contribution >= 4 is 0 Å². The van der Waals surface area contributed by atoms with Crippen molar-refractivity contribution in [2.24, 2.45) is 5.73 Å². The lowest BCUT2D eigenvalue weighted by atomic mass is 10.1. The lowest BCUT2D eigenvalue weighted by molar-refractivity contribution is 0.240. The zero-order valence-electron chi connectivity index (χ0n) is 11.9. The highest BCUT2D eigenvalue weighted by Crippen LogP contribution is 2.40. The summed E-state index contributed by atoms with van der Waals surface area (Å²) in [6.07, 6.45) is 5.78. The quantitative estimate of drug-likeness (QED) is 0.926. The molecule has 0 aliphatic heterocycles. The predicted molar refractivity (Wildman–Crippen MR) is 81.3 cm³/mol. The summed E-state index contributed by atoms with van der Waals surface area (Å²) < 4.78 is 0. The molecule has 2 unspecified atom stereocenters. The van der Waals surface area contributed by atoms with E-state index in [2.05, 4.69) is 53.3 Å². The minimum absolute atomic E-state index is 0.180. The molecule has 1 heterocycles. The molecule has 3 nitrogen and oxygen atoms in total. The second-order valence-electron chi connectivity index (χ2n) is 5.57. The van der Waals surface area contributed by atoms with Gasteiger partial charge in [-0.3, -0.25) is 9.88 Å². The summed E-state index contributed by atoms with van der Waals surface area (Å²) in [6, 6.07) is 13.4. The monoisotopic (exact) mass is 267 g/mol. The summed E-state index contributed by atoms with van der Waals surface area (Å²) >= 11 is 0. The molecule has 0 bridgehead atoms. The molecule has 104 valence electrons. The van der Waals surface area contributed by atoms with Crippen molar-refractivity contribution in [3.63, 3.8) is 0 Å². The van der Waals surface area contributed by atoms with Crippen LogP contribution in [0.3, 0.4) is 0 Å². The maximum atomic E-state index is 6.25. The fourth-order valence-electron chi connectivity index (χ4n) is 3.07. The molecule has 3 rings (SSSR count). The van der Waals surface area contributed by atoms with Crippen LogP contribution in [0.25, 0.3) is 0 Å². The van der Waals surface area contributed by atoms with Gasteiger partial charge in [-0.25, -0.2) is 0 Å². The molecule has 0 fully saturated rings. The van der Waals surface area contributed by atoms with Crippen molar-refractivity contribution in [2.45, 2.75) is 24.9 Å². The third-order valence-electron chi connectivity index (χ3n) is 4.27. The largest absolute Gasteiger partial charge is 0.324 e. The summed E-state index contributed by atoms with van der Waals surface area (Å²) in [4.78, 5) is 6.48. The van der Waals surface area contributed by atoms with Crippen LogP contribution < -0.4 is 5.73 Å². The normalized spacial score (nSPS) is 21.1. The van der Waals surface area contributed by atoms with Gasteiger partial charge in [-0.15, -0.1) is 0 Å². The molecule has 3 heteroatoms. The Morgan fingerprint density at radius 1 is 1.15 bits per heavy atom. The first-order valence-electron chi connectivity index (χ1n) is 7.19. The first-order valence-corrected chi connectivity index (χ1v) is 7.19. The third kappa shape index (κ3) is 2.60. The van der Waals surface area contributed by atoms with Crippen LogP contribution in [-0.4, -0.2) is 23.5 Å². The lowest BCUT2D eigenvalue weighted by Gasteiger charge is -2.25. The molecule has 1 aromatic carbocycles. The first-order chi connectivity index (χ1) is 9.75. The Labute approximate surface area is 120 Å². The average Bonchev–Trinajstić information content (AvgIpc) is 2.84. The van der Waals surface area contributed by atoms with Gasteiger partial charge in [-0.05, 0) is 48.7 Å². The van der Waals surface area contributed by atoms with E-state index in [4.69, 9.17) is 5.73 Å². The van der Waals surface area contributed by atoms with Crippen molar-refractivity contribution in [1.29, 1.82) is 0 Å². The number of hydrogen-bond donors (Lipinski definition) is 1. The van der Waals surface area contributed by atoms with Gasteiger partial charge in [0.15, 0.2) is 0 Å². The molecule has 2 aromatic rings. The molecular weight excluding hydrogens is 246 g/mol. The molecule has 0 radical (unpaired) electrons. The van der Waals surface area contributed by atoms with E-state index in [1.807, 2.05) is 12.4 Å². The van der Waals surface area contributed by atoms with E-state index in [9.17, 15) is 0 Å². The number of pyridine rings is 1. The van der Waals surface area contributed by atoms with Gasteiger partial charge < -0.3 is 5.73 Å². The van der Waals surface area contributed by atoms with Crippen molar-refractivity contribution in [2.75, 3.05) is 13.6 Å². The van der Waals surface area contributed by atoms with E-state index in [1.54, 1.807) is 0 Å². The van der Waals surface area contributed by atoms with Crippen molar-refractivity contribution in [1.82, 2.24) is 9.88 Å². The summed E-state index contributed by atoms with van der Waals surface area (Å²) in [6.45, 7) is 1.04. The number of rotatable bonds is 4. The summed E-state index contributed by atoms with van der Waals surface area (Å²) in [7, 11) is 2.20. The number of hydrogen-bond acceptors (Lipinski definition) is 3. The Bertz CT molecular complexity index is 567. The molecular formula is C17H21N3. The van der Waals surface area contributed by atoms with E-state index in [0.717, 1.165) is 19.4 Å². The van der Waals surface area contributed by atoms with E-state index in [-0.39, 0.29) is 6.04 Å². The topological polar surface area (TPSA) is 42.2 Å². The number of nitrogens with zero attached hydrogens (tertiary/aromatic N) is 2. The van der Waals surface area contributed by atoms with Gasteiger partial charge in [0.1, 0.15) is 0 Å². The third-order valence-corrected chi connectivity index (χ3v) is 4.27. The fourth-order valence-corrected chi connectivity index (χ4v) is 3.07. The molecule has 0 saturated heterocycles. The summed E-state index contributed by atoms with van der Waals surface area (Å²) in [5, 5.41) is 0. The Balaban J connectivity index is 1.68. The smallest absolute Gasteiger partial charge is 0.0366 e. The number of aromatic nitrogens is 1. The Morgan fingerprint density at radius 3 is 2.60 bits per heavy atom. The Hall–Kier alpha value is -1.71. The number of benzene rings is 1. The Morgan fingerprint density at radius 2 is 1.85 bits per heavy atom. The summed E-state index contributed by atoms with van der Waals surface area (Å²) in [5.74, 6) is 0. The lowest BCUT2D eigenvalue weighted by Crippen LogP contribution is -2.26. The van der Waals surface area contributed by atoms with Gasteiger partial charge in [0.2, 0.25) is 0 Å². The summed E-state index contributed by atoms with van der Waals surface area (Å²) in [5.41, 5.74) is 10.3. The zero-order chi connectivity index (χ0) is 13.9. The van der Waals surface area contributed by atoms with Gasteiger partial charge in [0.05, 0.1) is 0 Å². The maximum absolute atomic E-state index is 6.25.